The fourth-order valence-electron chi connectivity index (χ4n) is 0.923. The van der Waals surface area contributed by atoms with E-state index in [0.29, 0.717) is 4.88 Å². The molecule has 82 valence electrons. The molecule has 5 heteroatoms. The Bertz CT molecular complexity index is 373. The van der Waals surface area contributed by atoms with E-state index in [1.807, 2.05) is 6.07 Å². The van der Waals surface area contributed by atoms with Gasteiger partial charge in [0.25, 0.3) is 0 Å². The average Bonchev–Trinajstić information content (AvgIpc) is 2.60. The van der Waals surface area contributed by atoms with Gasteiger partial charge in [-0.2, -0.15) is 0 Å². The van der Waals surface area contributed by atoms with Crippen LogP contribution in [0.1, 0.15) is 23.5 Å². The second kappa shape index (κ2) is 5.42. The summed E-state index contributed by atoms with van der Waals surface area (Å²) in [4.78, 5) is 23.4. The summed E-state index contributed by atoms with van der Waals surface area (Å²) in [5.41, 5.74) is 0. The summed E-state index contributed by atoms with van der Waals surface area (Å²) in [5.74, 6) is -0.244. The van der Waals surface area contributed by atoms with Gasteiger partial charge in [0.1, 0.15) is 0 Å². The van der Waals surface area contributed by atoms with Gasteiger partial charge in [0.05, 0.1) is 15.2 Å². The zero-order valence-electron chi connectivity index (χ0n) is 8.54. The lowest BCUT2D eigenvalue weighted by atomic mass is 10.2. The highest BCUT2D eigenvalue weighted by molar-refractivity contribution is 9.11. The Balaban J connectivity index is 2.47. The molecule has 3 nitrogen and oxygen atoms in total. The van der Waals surface area contributed by atoms with E-state index in [9.17, 15) is 9.59 Å². The van der Waals surface area contributed by atoms with Gasteiger partial charge in [0, 0.05) is 5.92 Å². The molecule has 0 aromatic carbocycles. The lowest BCUT2D eigenvalue weighted by Gasteiger charge is -2.05. The maximum absolute atomic E-state index is 11.6. The Kier molecular flexibility index (Phi) is 4.47. The number of rotatable bonds is 4. The van der Waals surface area contributed by atoms with Gasteiger partial charge < -0.3 is 5.32 Å². The van der Waals surface area contributed by atoms with E-state index in [1.54, 1.807) is 19.9 Å². The molecule has 0 fully saturated rings. The quantitative estimate of drug-likeness (QED) is 0.866. The van der Waals surface area contributed by atoms with Crippen molar-refractivity contribution >= 4 is 39.0 Å². The summed E-state index contributed by atoms with van der Waals surface area (Å²) >= 11 is 4.65. The zero-order chi connectivity index (χ0) is 11.4. The number of amides is 1. The first-order valence-electron chi connectivity index (χ1n) is 4.57. The van der Waals surface area contributed by atoms with Gasteiger partial charge >= 0.3 is 0 Å². The van der Waals surface area contributed by atoms with Crippen LogP contribution >= 0.6 is 27.3 Å². The number of hydrogen-bond donors (Lipinski definition) is 1. The summed E-state index contributed by atoms with van der Waals surface area (Å²) in [6.07, 6.45) is 0. The van der Waals surface area contributed by atoms with Gasteiger partial charge in [-0.3, -0.25) is 9.59 Å². The molecule has 0 bridgehead atoms. The van der Waals surface area contributed by atoms with Crippen LogP contribution < -0.4 is 5.32 Å². The van der Waals surface area contributed by atoms with Crippen molar-refractivity contribution in [3.05, 3.63) is 20.8 Å². The number of ketones is 1. The number of carbonyl (C=O) groups excluding carboxylic acids is 2. The van der Waals surface area contributed by atoms with E-state index in [-0.39, 0.29) is 24.2 Å². The van der Waals surface area contributed by atoms with Crippen molar-refractivity contribution in [3.63, 3.8) is 0 Å². The van der Waals surface area contributed by atoms with E-state index < -0.39 is 0 Å². The molecule has 0 unspecified atom stereocenters. The molecule has 0 spiro atoms. The van der Waals surface area contributed by atoms with Crippen LogP contribution in [0, 0.1) is 5.92 Å². The van der Waals surface area contributed by atoms with Crippen molar-refractivity contribution in [3.8, 4) is 0 Å². The number of thiophene rings is 1. The third kappa shape index (κ3) is 3.76. The first-order chi connectivity index (χ1) is 7.00. The third-order valence-corrected chi connectivity index (χ3v) is 3.46. The Hall–Kier alpha value is -0.680. The van der Waals surface area contributed by atoms with Crippen molar-refractivity contribution in [1.29, 1.82) is 0 Å². The minimum atomic E-state index is -0.0982. The van der Waals surface area contributed by atoms with Gasteiger partial charge in [0.2, 0.25) is 5.91 Å². The fourth-order valence-corrected chi connectivity index (χ4v) is 2.25. The number of nitrogens with one attached hydrogen (secondary N) is 1. The van der Waals surface area contributed by atoms with Crippen molar-refractivity contribution < 1.29 is 9.59 Å². The highest BCUT2D eigenvalue weighted by atomic mass is 79.9. The van der Waals surface area contributed by atoms with Crippen LogP contribution in [-0.2, 0) is 4.79 Å². The van der Waals surface area contributed by atoms with Gasteiger partial charge in [-0.25, -0.2) is 0 Å². The molecule has 0 saturated carbocycles. The van der Waals surface area contributed by atoms with Crippen LogP contribution in [0.4, 0.5) is 0 Å². The Labute approximate surface area is 101 Å². The monoisotopic (exact) mass is 289 g/mol. The summed E-state index contributed by atoms with van der Waals surface area (Å²) < 4.78 is 0.918. The largest absolute Gasteiger partial charge is 0.348 e. The molecule has 0 aliphatic heterocycles. The van der Waals surface area contributed by atoms with Gasteiger partial charge in [0.15, 0.2) is 5.78 Å². The van der Waals surface area contributed by atoms with Gasteiger partial charge in [-0.15, -0.1) is 11.3 Å². The Morgan fingerprint density at radius 3 is 2.60 bits per heavy atom. The zero-order valence-corrected chi connectivity index (χ0v) is 10.9. The van der Waals surface area contributed by atoms with Crippen molar-refractivity contribution in [2.45, 2.75) is 13.8 Å². The normalized spacial score (nSPS) is 10.4. The molecule has 0 radical (unpaired) electrons. The number of halogens is 1. The third-order valence-electron chi connectivity index (χ3n) is 1.80. The second-order valence-electron chi connectivity index (χ2n) is 3.40. The standard InChI is InChI=1S/C10H12BrNO2S/c1-6(2)10(14)12-5-7(13)8-3-4-9(11)15-8/h3-4,6H,5H2,1-2H3,(H,12,14). The number of Topliss-reactive ketones (excluding diaryl/α,β-unsaturated/α-hetero) is 1. The van der Waals surface area contributed by atoms with Gasteiger partial charge in [-0.1, -0.05) is 13.8 Å². The van der Waals surface area contributed by atoms with E-state index in [2.05, 4.69) is 21.2 Å². The molecule has 1 aromatic rings. The predicted octanol–water partition coefficient (Wildman–Crippen LogP) is 2.47. The SMILES string of the molecule is CC(C)C(=O)NCC(=O)c1ccc(Br)s1. The first-order valence-corrected chi connectivity index (χ1v) is 6.18. The maximum atomic E-state index is 11.6. The fraction of sp³-hybridized carbons (Fsp3) is 0.400. The molecule has 1 amide bonds. The molecule has 15 heavy (non-hydrogen) atoms. The predicted molar refractivity (Wildman–Crippen MR) is 64.2 cm³/mol. The highest BCUT2D eigenvalue weighted by Crippen LogP contribution is 2.22. The molecule has 0 aliphatic rings. The Morgan fingerprint density at radius 1 is 1.47 bits per heavy atom. The van der Waals surface area contributed by atoms with E-state index in [1.165, 1.54) is 11.3 Å². The minimum Gasteiger partial charge on any atom is -0.348 e. The summed E-state index contributed by atoms with van der Waals surface area (Å²) in [6.45, 7) is 3.66. The summed E-state index contributed by atoms with van der Waals surface area (Å²) in [6, 6.07) is 3.57. The molecule has 1 N–H and O–H groups in total. The smallest absolute Gasteiger partial charge is 0.222 e. The van der Waals surface area contributed by atoms with E-state index in [4.69, 9.17) is 0 Å². The lowest BCUT2D eigenvalue weighted by Crippen LogP contribution is -2.32. The van der Waals surface area contributed by atoms with Crippen molar-refractivity contribution in [2.24, 2.45) is 5.92 Å². The molecule has 0 atom stereocenters. The first kappa shape index (κ1) is 12.4. The number of carbonyl (C=O) groups is 2. The van der Waals surface area contributed by atoms with Gasteiger partial charge in [-0.05, 0) is 28.1 Å². The summed E-state index contributed by atoms with van der Waals surface area (Å²) in [7, 11) is 0. The van der Waals surface area contributed by atoms with Crippen LogP contribution in [0.15, 0.2) is 15.9 Å². The van der Waals surface area contributed by atoms with Crippen LogP contribution in [0.2, 0.25) is 0 Å². The minimum absolute atomic E-state index is 0.0558. The number of hydrogen-bond acceptors (Lipinski definition) is 3. The molecular formula is C10H12BrNO2S. The maximum Gasteiger partial charge on any atom is 0.222 e. The topological polar surface area (TPSA) is 46.2 Å². The van der Waals surface area contributed by atoms with E-state index >= 15 is 0 Å². The van der Waals surface area contributed by atoms with E-state index in [0.717, 1.165) is 3.79 Å². The highest BCUT2D eigenvalue weighted by Gasteiger charge is 2.11. The molecule has 0 aliphatic carbocycles. The Morgan fingerprint density at radius 2 is 2.13 bits per heavy atom. The van der Waals surface area contributed by atoms with Crippen LogP contribution in [0.5, 0.6) is 0 Å². The lowest BCUT2D eigenvalue weighted by molar-refractivity contribution is -0.123. The second-order valence-corrected chi connectivity index (χ2v) is 5.86. The molecule has 1 aromatic heterocycles. The summed E-state index contributed by atoms with van der Waals surface area (Å²) in [5, 5.41) is 2.59. The van der Waals surface area contributed by atoms with Crippen LogP contribution in [-0.4, -0.2) is 18.2 Å². The van der Waals surface area contributed by atoms with Crippen molar-refractivity contribution in [1.82, 2.24) is 5.32 Å². The molecule has 1 rings (SSSR count). The average molecular weight is 290 g/mol. The van der Waals surface area contributed by atoms with Crippen LogP contribution in [0.3, 0.4) is 0 Å². The van der Waals surface area contributed by atoms with Crippen molar-refractivity contribution in [2.75, 3.05) is 6.54 Å². The molecule has 1 heterocycles. The molecular weight excluding hydrogens is 278 g/mol. The van der Waals surface area contributed by atoms with Crippen LogP contribution in [0.25, 0.3) is 0 Å². The molecule has 0 saturated heterocycles.